The molecule has 0 saturated heterocycles. The second-order valence-electron chi connectivity index (χ2n) is 9.44. The van der Waals surface area contributed by atoms with Crippen molar-refractivity contribution in [3.63, 3.8) is 0 Å². The van der Waals surface area contributed by atoms with Crippen molar-refractivity contribution in [1.29, 1.82) is 0 Å². The Morgan fingerprint density at radius 1 is 0.951 bits per heavy atom. The summed E-state index contributed by atoms with van der Waals surface area (Å²) in [5, 5.41) is 1.99. The topological polar surface area (TPSA) is 86.8 Å². The molecule has 0 radical (unpaired) electrons. The molecule has 13 heteroatoms. The number of hydrogen-bond donors (Lipinski definition) is 1. The molecule has 0 saturated carbocycles. The number of nitrogens with one attached hydrogen (secondary N) is 1. The summed E-state index contributed by atoms with van der Waals surface area (Å²) in [6.07, 6.45) is -4.92. The molecule has 3 aromatic rings. The van der Waals surface area contributed by atoms with Crippen LogP contribution in [0.5, 0.6) is 0 Å². The summed E-state index contributed by atoms with van der Waals surface area (Å²) in [5.74, 6) is -2.21. The van der Waals surface area contributed by atoms with E-state index in [4.69, 9.17) is 11.6 Å². The van der Waals surface area contributed by atoms with Gasteiger partial charge < -0.3 is 10.2 Å². The average Bonchev–Trinajstić information content (AvgIpc) is 2.90. The number of nitrogens with zero attached hydrogens (tertiary/aromatic N) is 2. The van der Waals surface area contributed by atoms with Crippen molar-refractivity contribution in [2.45, 2.75) is 50.5 Å². The molecule has 0 unspecified atom stereocenters. The molecule has 0 aliphatic rings. The summed E-state index contributed by atoms with van der Waals surface area (Å²) >= 11 is 5.75. The van der Waals surface area contributed by atoms with E-state index in [0.29, 0.717) is 10.4 Å². The predicted octanol–water partition coefficient (Wildman–Crippen LogP) is 5.64. The molecule has 2 amide bonds. The maximum absolute atomic E-state index is 14.6. The number of rotatable bonds is 10. The van der Waals surface area contributed by atoms with Crippen molar-refractivity contribution in [3.05, 3.63) is 94.8 Å². The van der Waals surface area contributed by atoms with Gasteiger partial charge in [-0.1, -0.05) is 48.0 Å². The van der Waals surface area contributed by atoms with E-state index in [1.165, 1.54) is 49.4 Å². The summed E-state index contributed by atoms with van der Waals surface area (Å²) in [5.41, 5.74) is -1.73. The first-order chi connectivity index (χ1) is 19.1. The van der Waals surface area contributed by atoms with Crippen LogP contribution in [-0.4, -0.2) is 43.8 Å². The predicted molar refractivity (Wildman–Crippen MR) is 147 cm³/mol. The number of halogens is 5. The molecule has 0 heterocycles. The normalized spacial score (nSPS) is 12.6. The van der Waals surface area contributed by atoms with Crippen LogP contribution in [0.1, 0.15) is 31.9 Å². The zero-order valence-electron chi connectivity index (χ0n) is 22.3. The number of alkyl halides is 3. The van der Waals surface area contributed by atoms with E-state index in [1.54, 1.807) is 19.9 Å². The number of benzene rings is 3. The van der Waals surface area contributed by atoms with Crippen LogP contribution in [0.15, 0.2) is 77.7 Å². The van der Waals surface area contributed by atoms with Crippen LogP contribution in [-0.2, 0) is 32.3 Å². The number of amides is 2. The lowest BCUT2D eigenvalue weighted by Crippen LogP contribution is -2.52. The van der Waals surface area contributed by atoms with Crippen molar-refractivity contribution in [2.75, 3.05) is 10.8 Å². The molecule has 41 heavy (non-hydrogen) atoms. The zero-order valence-corrected chi connectivity index (χ0v) is 23.9. The van der Waals surface area contributed by atoms with Gasteiger partial charge in [-0.2, -0.15) is 13.2 Å². The van der Waals surface area contributed by atoms with Gasteiger partial charge in [-0.3, -0.25) is 13.9 Å². The lowest BCUT2D eigenvalue weighted by atomic mass is 10.1. The van der Waals surface area contributed by atoms with Gasteiger partial charge in [0.15, 0.2) is 0 Å². The molecule has 0 aliphatic carbocycles. The standard InChI is InChI=1S/C28H28ClF4N3O4S/c1-18(2)34-27(38)19(3)35(16-20-9-7-8-12-25(20)30)26(37)17-36(41(39,40)22-10-5-4-6-11-22)21-13-14-24(29)23(15-21)28(31,32)33/h4-15,18-19H,16-17H2,1-3H3,(H,34,38)/t19-/m0/s1. The van der Waals surface area contributed by atoms with Crippen LogP contribution < -0.4 is 9.62 Å². The monoisotopic (exact) mass is 613 g/mol. The lowest BCUT2D eigenvalue weighted by Gasteiger charge is -2.32. The molecule has 0 aliphatic heterocycles. The van der Waals surface area contributed by atoms with E-state index in [2.05, 4.69) is 5.32 Å². The fourth-order valence-electron chi connectivity index (χ4n) is 3.93. The molecule has 1 N–H and O–H groups in total. The molecule has 0 fully saturated rings. The van der Waals surface area contributed by atoms with Gasteiger partial charge in [0.05, 0.1) is 21.2 Å². The van der Waals surface area contributed by atoms with E-state index < -0.39 is 69.2 Å². The zero-order chi connectivity index (χ0) is 30.5. The molecular formula is C28H28ClF4N3O4S. The molecular weight excluding hydrogens is 586 g/mol. The highest BCUT2D eigenvalue weighted by Gasteiger charge is 2.37. The molecule has 3 rings (SSSR count). The summed E-state index contributed by atoms with van der Waals surface area (Å²) in [4.78, 5) is 27.3. The van der Waals surface area contributed by atoms with Gasteiger partial charge in [-0.05, 0) is 57.2 Å². The van der Waals surface area contributed by atoms with E-state index in [9.17, 15) is 35.6 Å². The number of hydrogen-bond acceptors (Lipinski definition) is 4. The van der Waals surface area contributed by atoms with Crippen molar-refractivity contribution >= 4 is 39.1 Å². The highest BCUT2D eigenvalue weighted by Crippen LogP contribution is 2.38. The highest BCUT2D eigenvalue weighted by atomic mass is 35.5. The molecule has 1 atom stereocenters. The largest absolute Gasteiger partial charge is 0.417 e. The molecule has 3 aromatic carbocycles. The lowest BCUT2D eigenvalue weighted by molar-refractivity contribution is -0.139. The summed E-state index contributed by atoms with van der Waals surface area (Å²) in [6, 6.07) is 13.3. The first-order valence-corrected chi connectivity index (χ1v) is 14.2. The van der Waals surface area contributed by atoms with Crippen LogP contribution in [0.4, 0.5) is 23.2 Å². The molecule has 0 aromatic heterocycles. The van der Waals surface area contributed by atoms with Gasteiger partial charge in [0.1, 0.15) is 18.4 Å². The fourth-order valence-corrected chi connectivity index (χ4v) is 5.58. The Labute approximate surface area is 240 Å². The SMILES string of the molecule is CC(C)NC(=O)[C@H](C)N(Cc1ccccc1F)C(=O)CN(c1ccc(Cl)c(C(F)(F)F)c1)S(=O)(=O)c1ccccc1. The Balaban J connectivity index is 2.12. The van der Waals surface area contributed by atoms with Crippen LogP contribution in [0.25, 0.3) is 0 Å². The Morgan fingerprint density at radius 2 is 1.56 bits per heavy atom. The number of carbonyl (C=O) groups is 2. The second-order valence-corrected chi connectivity index (χ2v) is 11.7. The Hall–Kier alpha value is -3.64. The van der Waals surface area contributed by atoms with Crippen LogP contribution in [0.3, 0.4) is 0 Å². The van der Waals surface area contributed by atoms with Crippen molar-refractivity contribution in [3.8, 4) is 0 Å². The third kappa shape index (κ3) is 7.76. The smallest absolute Gasteiger partial charge is 0.352 e. The van der Waals surface area contributed by atoms with Gasteiger partial charge in [-0.25, -0.2) is 12.8 Å². The maximum atomic E-state index is 14.6. The van der Waals surface area contributed by atoms with Gasteiger partial charge in [-0.15, -0.1) is 0 Å². The van der Waals surface area contributed by atoms with E-state index in [0.717, 1.165) is 23.1 Å². The summed E-state index contributed by atoms with van der Waals surface area (Å²) < 4.78 is 83.5. The van der Waals surface area contributed by atoms with Gasteiger partial charge in [0, 0.05) is 18.2 Å². The average molecular weight is 614 g/mol. The van der Waals surface area contributed by atoms with Crippen LogP contribution in [0.2, 0.25) is 5.02 Å². The van der Waals surface area contributed by atoms with Crippen molar-refractivity contribution in [1.82, 2.24) is 10.2 Å². The minimum Gasteiger partial charge on any atom is -0.352 e. The van der Waals surface area contributed by atoms with Gasteiger partial charge in [0.2, 0.25) is 11.8 Å². The van der Waals surface area contributed by atoms with Crippen LogP contribution >= 0.6 is 11.6 Å². The third-order valence-electron chi connectivity index (χ3n) is 6.05. The number of carbonyl (C=O) groups excluding carboxylic acids is 2. The summed E-state index contributed by atoms with van der Waals surface area (Å²) in [6.45, 7) is 3.37. The maximum Gasteiger partial charge on any atom is 0.417 e. The molecule has 0 spiro atoms. The quantitative estimate of drug-likeness (QED) is 0.300. The van der Waals surface area contributed by atoms with Crippen molar-refractivity contribution in [2.24, 2.45) is 0 Å². The van der Waals surface area contributed by atoms with E-state index in [-0.39, 0.29) is 16.5 Å². The second kappa shape index (κ2) is 12.9. The van der Waals surface area contributed by atoms with Crippen LogP contribution in [0, 0.1) is 5.82 Å². The Morgan fingerprint density at radius 3 is 2.15 bits per heavy atom. The van der Waals surface area contributed by atoms with E-state index in [1.807, 2.05) is 0 Å². The Kier molecular flexibility index (Phi) is 10.0. The fraction of sp³-hybridized carbons (Fsp3) is 0.286. The Bertz CT molecular complexity index is 1500. The first-order valence-electron chi connectivity index (χ1n) is 12.4. The first kappa shape index (κ1) is 31.9. The molecule has 220 valence electrons. The van der Waals surface area contributed by atoms with E-state index >= 15 is 0 Å². The molecule has 0 bridgehead atoms. The number of sulfonamides is 1. The van der Waals surface area contributed by atoms with Gasteiger partial charge >= 0.3 is 6.18 Å². The molecule has 7 nitrogen and oxygen atoms in total. The van der Waals surface area contributed by atoms with Gasteiger partial charge in [0.25, 0.3) is 10.0 Å². The highest BCUT2D eigenvalue weighted by molar-refractivity contribution is 7.92. The minimum absolute atomic E-state index is 0.0494. The minimum atomic E-state index is -4.92. The van der Waals surface area contributed by atoms with Crippen molar-refractivity contribution < 1.29 is 35.6 Å². The third-order valence-corrected chi connectivity index (χ3v) is 8.17. The number of anilines is 1. The summed E-state index contributed by atoms with van der Waals surface area (Å²) in [7, 11) is -4.60.